The summed E-state index contributed by atoms with van der Waals surface area (Å²) >= 11 is 0. The van der Waals surface area contributed by atoms with E-state index in [9.17, 15) is 20.3 Å². The van der Waals surface area contributed by atoms with Gasteiger partial charge in [-0.2, -0.15) is 0 Å². The Morgan fingerprint density at radius 1 is 1.15 bits per heavy atom. The average Bonchev–Trinajstić information content (AvgIpc) is 2.76. The van der Waals surface area contributed by atoms with Crippen LogP contribution in [0.5, 0.6) is 11.5 Å². The molecule has 0 fully saturated rings. The van der Waals surface area contributed by atoms with Gasteiger partial charge in [-0.15, -0.1) is 0 Å². The van der Waals surface area contributed by atoms with E-state index in [4.69, 9.17) is 0 Å². The normalized spacial score (nSPS) is 10.8. The molecule has 3 rings (SSSR count). The van der Waals surface area contributed by atoms with Crippen LogP contribution in [0.2, 0.25) is 0 Å². The van der Waals surface area contributed by atoms with E-state index in [0.717, 1.165) is 6.07 Å². The van der Waals surface area contributed by atoms with Gasteiger partial charge < -0.3 is 15.2 Å². The lowest BCUT2D eigenvalue weighted by Gasteiger charge is -2.07. The van der Waals surface area contributed by atoms with Gasteiger partial charge in [-0.05, 0) is 17.0 Å². The van der Waals surface area contributed by atoms with Crippen LogP contribution < -0.4 is 5.11 Å². The first-order chi connectivity index (χ1) is 9.58. The number of phenolic OH excluding ortho intramolecular Hbond substituents is 1. The number of rotatable bonds is 2. The van der Waals surface area contributed by atoms with Crippen molar-refractivity contribution >= 4 is 16.6 Å². The lowest BCUT2D eigenvalue weighted by Crippen LogP contribution is -1.91. The Morgan fingerprint density at radius 3 is 2.50 bits per heavy atom. The molecule has 1 aromatic heterocycles. The molecule has 0 bridgehead atoms. The third kappa shape index (κ3) is 1.74. The molecule has 0 aliphatic carbocycles. The van der Waals surface area contributed by atoms with Crippen LogP contribution in [0.3, 0.4) is 0 Å². The Bertz CT molecular complexity index is 809. The number of aromatic hydroxyl groups is 1. The maximum absolute atomic E-state index is 12.3. The molecule has 0 saturated heterocycles. The van der Waals surface area contributed by atoms with Crippen molar-refractivity contribution < 1.29 is 15.1 Å². The minimum atomic E-state index is -0.692. The van der Waals surface area contributed by atoms with Crippen molar-refractivity contribution in [2.24, 2.45) is 0 Å². The van der Waals surface area contributed by atoms with E-state index < -0.39 is 16.4 Å². The molecule has 0 spiro atoms. The molecule has 3 aromatic rings. The largest absolute Gasteiger partial charge is 0.871 e. The van der Waals surface area contributed by atoms with Gasteiger partial charge in [-0.25, -0.2) is 0 Å². The second-order valence-corrected chi connectivity index (χ2v) is 4.34. The summed E-state index contributed by atoms with van der Waals surface area (Å²) in [7, 11) is 0. The Balaban J connectivity index is 2.28. The van der Waals surface area contributed by atoms with Crippen LogP contribution in [-0.2, 0) is 0 Å². The van der Waals surface area contributed by atoms with Gasteiger partial charge in [0, 0.05) is 11.8 Å². The first kappa shape index (κ1) is 12.0. The second-order valence-electron chi connectivity index (χ2n) is 4.34. The van der Waals surface area contributed by atoms with Gasteiger partial charge in [0.1, 0.15) is 0 Å². The number of benzene rings is 2. The molecule has 2 N–H and O–H groups in total. The number of nitrogens with one attached hydrogen (secondary N) is 1. The zero-order chi connectivity index (χ0) is 14.3. The highest BCUT2D eigenvalue weighted by molar-refractivity contribution is 5.96. The number of nitro benzene ring substituents is 1. The van der Waals surface area contributed by atoms with Crippen LogP contribution >= 0.6 is 0 Å². The summed E-state index contributed by atoms with van der Waals surface area (Å²) in [6.07, 6.45) is 0. The van der Waals surface area contributed by atoms with E-state index in [1.807, 2.05) is 6.07 Å². The van der Waals surface area contributed by atoms with Gasteiger partial charge in [0.15, 0.2) is 5.75 Å². The third-order valence-electron chi connectivity index (χ3n) is 3.11. The molecule has 100 valence electrons. The number of hydrogen-bond donors (Lipinski definition) is 2. The van der Waals surface area contributed by atoms with Crippen LogP contribution in [0, 0.1) is 10.1 Å². The molecule has 0 aliphatic heterocycles. The quantitative estimate of drug-likeness (QED) is 0.551. The summed E-state index contributed by atoms with van der Waals surface area (Å²) in [4.78, 5) is 13.0. The Kier molecular flexibility index (Phi) is 2.57. The first-order valence-electron chi connectivity index (χ1n) is 5.83. The number of aromatic nitrogens is 1. The number of aromatic amines is 1. The fourth-order valence-corrected chi connectivity index (χ4v) is 2.15. The molecule has 0 radical (unpaired) electrons. The molecule has 0 unspecified atom stereocenters. The molecular weight excluding hydrogens is 260 g/mol. The maximum Gasteiger partial charge on any atom is 0.312 e. The van der Waals surface area contributed by atoms with Crippen molar-refractivity contribution in [2.75, 3.05) is 0 Å². The highest BCUT2D eigenvalue weighted by atomic mass is 16.6. The monoisotopic (exact) mass is 269 g/mol. The molecule has 1 heterocycles. The van der Waals surface area contributed by atoms with Crippen molar-refractivity contribution in [1.29, 1.82) is 0 Å². The highest BCUT2D eigenvalue weighted by Gasteiger charge is 2.16. The van der Waals surface area contributed by atoms with E-state index in [-0.39, 0.29) is 11.1 Å². The maximum atomic E-state index is 12.3. The zero-order valence-corrected chi connectivity index (χ0v) is 10.2. The van der Waals surface area contributed by atoms with Crippen molar-refractivity contribution in [3.05, 3.63) is 52.6 Å². The molecule has 2 aromatic carbocycles. The molecule has 20 heavy (non-hydrogen) atoms. The molecule has 6 heteroatoms. The molecular formula is C14H9N2O4-. The summed E-state index contributed by atoms with van der Waals surface area (Å²) in [5.74, 6) is -0.811. The van der Waals surface area contributed by atoms with Gasteiger partial charge in [-0.3, -0.25) is 10.1 Å². The number of fused-ring (bicyclic) bond motifs is 1. The van der Waals surface area contributed by atoms with E-state index in [2.05, 4.69) is 4.98 Å². The number of nitro groups is 1. The highest BCUT2D eigenvalue weighted by Crippen LogP contribution is 2.39. The number of hydrogen-bond acceptors (Lipinski definition) is 4. The van der Waals surface area contributed by atoms with E-state index in [1.165, 1.54) is 6.07 Å². The third-order valence-corrected chi connectivity index (χ3v) is 3.11. The van der Waals surface area contributed by atoms with Crippen LogP contribution in [0.25, 0.3) is 22.2 Å². The van der Waals surface area contributed by atoms with Gasteiger partial charge in [0.05, 0.1) is 10.4 Å². The molecule has 6 nitrogen and oxygen atoms in total. The smallest absolute Gasteiger partial charge is 0.312 e. The van der Waals surface area contributed by atoms with Crippen LogP contribution in [0.1, 0.15) is 0 Å². The molecule has 0 saturated carbocycles. The standard InChI is InChI=1S/C14H10N2O4/c17-12-6-9-10(7-11(12)16(19)20)15-13(14(9)18)8-4-2-1-3-5-8/h1-7,15,17-18H/p-1. The first-order valence-corrected chi connectivity index (χ1v) is 5.83. The predicted molar refractivity (Wildman–Crippen MR) is 71.5 cm³/mol. The van der Waals surface area contributed by atoms with Gasteiger partial charge in [0.25, 0.3) is 0 Å². The Labute approximate surface area is 113 Å². The summed E-state index contributed by atoms with van der Waals surface area (Å²) in [6.45, 7) is 0. The number of nitrogens with zero attached hydrogens (tertiary/aromatic N) is 1. The lowest BCUT2D eigenvalue weighted by molar-refractivity contribution is -0.385. The minimum absolute atomic E-state index is 0.229. The Hall–Kier alpha value is -3.02. The lowest BCUT2D eigenvalue weighted by atomic mass is 10.1. The molecule has 0 amide bonds. The topological polar surface area (TPSA) is 102 Å². The second kappa shape index (κ2) is 4.27. The average molecular weight is 269 g/mol. The van der Waals surface area contributed by atoms with Crippen LogP contribution in [0.4, 0.5) is 5.69 Å². The summed E-state index contributed by atoms with van der Waals surface area (Å²) in [5, 5.41) is 32.8. The predicted octanol–water partition coefficient (Wildman–Crippen LogP) is 2.52. The number of phenols is 1. The SMILES string of the molecule is O=[N+]([O-])c1cc2[nH]c(-c3ccccc3)c([O-])c2cc1O. The summed E-state index contributed by atoms with van der Waals surface area (Å²) in [5.41, 5.74) is 0.938. The molecule has 0 atom stereocenters. The van der Waals surface area contributed by atoms with Gasteiger partial charge >= 0.3 is 5.69 Å². The van der Waals surface area contributed by atoms with E-state index >= 15 is 0 Å². The van der Waals surface area contributed by atoms with Crippen molar-refractivity contribution in [2.45, 2.75) is 0 Å². The van der Waals surface area contributed by atoms with E-state index in [1.54, 1.807) is 24.3 Å². The fraction of sp³-hybridized carbons (Fsp3) is 0. The summed E-state index contributed by atoms with van der Waals surface area (Å²) in [6, 6.07) is 11.2. The summed E-state index contributed by atoms with van der Waals surface area (Å²) < 4.78 is 0. The minimum Gasteiger partial charge on any atom is -0.871 e. The van der Waals surface area contributed by atoms with E-state index in [0.29, 0.717) is 16.8 Å². The fourth-order valence-electron chi connectivity index (χ4n) is 2.15. The molecule has 0 aliphatic rings. The van der Waals surface area contributed by atoms with Gasteiger partial charge in [-0.1, -0.05) is 36.1 Å². The van der Waals surface area contributed by atoms with Crippen molar-refractivity contribution in [3.8, 4) is 22.8 Å². The van der Waals surface area contributed by atoms with Gasteiger partial charge in [0.2, 0.25) is 0 Å². The number of H-pyrrole nitrogens is 1. The van der Waals surface area contributed by atoms with Crippen molar-refractivity contribution in [3.63, 3.8) is 0 Å². The zero-order valence-electron chi connectivity index (χ0n) is 10.2. The van der Waals surface area contributed by atoms with Crippen molar-refractivity contribution in [1.82, 2.24) is 4.98 Å². The van der Waals surface area contributed by atoms with Crippen LogP contribution in [-0.4, -0.2) is 15.0 Å². The van der Waals surface area contributed by atoms with Crippen LogP contribution in [0.15, 0.2) is 42.5 Å². The Morgan fingerprint density at radius 2 is 1.85 bits per heavy atom.